The van der Waals surface area contributed by atoms with E-state index in [1.54, 1.807) is 38.5 Å². The Labute approximate surface area is 195 Å². The molecule has 0 spiro atoms. The van der Waals surface area contributed by atoms with Gasteiger partial charge in [0.25, 0.3) is 5.91 Å². The fraction of sp³-hybridized carbons (Fsp3) is 0.462. The van der Waals surface area contributed by atoms with Crippen LogP contribution in [0.1, 0.15) is 41.6 Å². The number of hydrogen-bond donors (Lipinski definition) is 2. The molecule has 3 atom stereocenters. The summed E-state index contributed by atoms with van der Waals surface area (Å²) in [6, 6.07) is 15.2. The molecule has 1 heterocycles. The third-order valence-electron chi connectivity index (χ3n) is 6.69. The second-order valence-corrected chi connectivity index (χ2v) is 8.80. The molecule has 1 aliphatic carbocycles. The molecule has 4 rings (SSSR count). The minimum Gasteiger partial charge on any atom is -0.497 e. The first-order valence-corrected chi connectivity index (χ1v) is 11.7. The number of nitrogens with zero attached hydrogens (tertiary/aromatic N) is 1. The van der Waals surface area contributed by atoms with Gasteiger partial charge in [0.1, 0.15) is 11.5 Å². The van der Waals surface area contributed by atoms with Gasteiger partial charge in [0.2, 0.25) is 5.91 Å². The Hall–Kier alpha value is -3.06. The number of nitrogens with one attached hydrogen (secondary N) is 2. The zero-order valence-electron chi connectivity index (χ0n) is 19.4. The number of hydrogen-bond acceptors (Lipinski definition) is 5. The van der Waals surface area contributed by atoms with Gasteiger partial charge in [0, 0.05) is 18.2 Å². The Morgan fingerprint density at radius 3 is 2.27 bits per heavy atom. The Bertz CT molecular complexity index is 945. The molecule has 1 saturated heterocycles. The average Bonchev–Trinajstić information content (AvgIpc) is 2.86. The lowest BCUT2D eigenvalue weighted by Gasteiger charge is -2.41. The highest BCUT2D eigenvalue weighted by Crippen LogP contribution is 2.27. The third-order valence-corrected chi connectivity index (χ3v) is 6.69. The Morgan fingerprint density at radius 1 is 0.970 bits per heavy atom. The van der Waals surface area contributed by atoms with Crippen molar-refractivity contribution in [1.82, 2.24) is 15.5 Å². The van der Waals surface area contributed by atoms with Gasteiger partial charge < -0.3 is 19.7 Å². The molecule has 0 bridgehead atoms. The van der Waals surface area contributed by atoms with Gasteiger partial charge in [-0.2, -0.15) is 0 Å². The van der Waals surface area contributed by atoms with Crippen LogP contribution < -0.4 is 20.1 Å². The van der Waals surface area contributed by atoms with Crippen molar-refractivity contribution in [3.05, 3.63) is 59.7 Å². The van der Waals surface area contributed by atoms with Crippen molar-refractivity contribution in [2.45, 2.75) is 44.3 Å². The van der Waals surface area contributed by atoms with Crippen LogP contribution in [0, 0.1) is 5.92 Å². The van der Waals surface area contributed by atoms with Gasteiger partial charge in [-0.3, -0.25) is 14.9 Å². The lowest BCUT2D eigenvalue weighted by Crippen LogP contribution is -2.65. The first-order chi connectivity index (χ1) is 16.1. The monoisotopic (exact) mass is 451 g/mol. The van der Waals surface area contributed by atoms with Crippen LogP contribution >= 0.6 is 0 Å². The van der Waals surface area contributed by atoms with Crippen molar-refractivity contribution in [2.75, 3.05) is 27.3 Å². The van der Waals surface area contributed by atoms with Crippen molar-refractivity contribution in [1.29, 1.82) is 0 Å². The van der Waals surface area contributed by atoms with Crippen molar-refractivity contribution in [2.24, 2.45) is 5.92 Å². The first kappa shape index (κ1) is 23.1. The van der Waals surface area contributed by atoms with E-state index in [4.69, 9.17) is 9.47 Å². The molecule has 1 saturated carbocycles. The molecule has 2 aromatic carbocycles. The number of carbonyl (C=O) groups excluding carboxylic acids is 2. The summed E-state index contributed by atoms with van der Waals surface area (Å²) in [4.78, 5) is 27.9. The quantitative estimate of drug-likeness (QED) is 0.645. The number of carbonyl (C=O) groups is 2. The highest BCUT2D eigenvalue weighted by atomic mass is 16.5. The highest BCUT2D eigenvalue weighted by Gasteiger charge is 2.38. The van der Waals surface area contributed by atoms with E-state index < -0.39 is 0 Å². The molecule has 7 nitrogen and oxygen atoms in total. The number of benzene rings is 2. The van der Waals surface area contributed by atoms with Crippen molar-refractivity contribution in [3.63, 3.8) is 0 Å². The predicted molar refractivity (Wildman–Crippen MR) is 126 cm³/mol. The van der Waals surface area contributed by atoms with E-state index >= 15 is 0 Å². The van der Waals surface area contributed by atoms with E-state index in [9.17, 15) is 9.59 Å². The third kappa shape index (κ3) is 5.66. The summed E-state index contributed by atoms with van der Waals surface area (Å²) < 4.78 is 10.5. The Kier molecular flexibility index (Phi) is 7.50. The van der Waals surface area contributed by atoms with Gasteiger partial charge in [-0.05, 0) is 61.2 Å². The van der Waals surface area contributed by atoms with Gasteiger partial charge in [-0.25, -0.2) is 0 Å². The molecule has 2 N–H and O–H groups in total. The Morgan fingerprint density at radius 2 is 1.61 bits per heavy atom. The van der Waals surface area contributed by atoms with Crippen LogP contribution in [0.15, 0.2) is 48.5 Å². The summed E-state index contributed by atoms with van der Waals surface area (Å²) in [5.74, 6) is 1.60. The molecule has 2 aliphatic rings. The number of ether oxygens (including phenoxy) is 2. The van der Waals surface area contributed by atoms with E-state index in [0.29, 0.717) is 30.8 Å². The first-order valence-electron chi connectivity index (χ1n) is 11.7. The minimum absolute atomic E-state index is 0.0417. The number of fused-ring (bicyclic) bond motifs is 1. The number of methoxy groups -OCH3 is 2. The second kappa shape index (κ2) is 10.7. The summed E-state index contributed by atoms with van der Waals surface area (Å²) in [6.07, 6.45) is 4.63. The smallest absolute Gasteiger partial charge is 0.253 e. The summed E-state index contributed by atoms with van der Waals surface area (Å²) in [5.41, 5.74) is 1.72. The van der Waals surface area contributed by atoms with Crippen LogP contribution in [0.2, 0.25) is 0 Å². The van der Waals surface area contributed by atoms with E-state index in [2.05, 4.69) is 10.6 Å². The molecule has 0 radical (unpaired) electrons. The Balaban J connectivity index is 1.48. The van der Waals surface area contributed by atoms with Crippen LogP contribution in [0.4, 0.5) is 0 Å². The van der Waals surface area contributed by atoms with Gasteiger partial charge in [-0.15, -0.1) is 0 Å². The molecule has 0 aromatic heterocycles. The van der Waals surface area contributed by atoms with Crippen molar-refractivity contribution < 1.29 is 19.1 Å². The number of rotatable bonds is 8. The predicted octanol–water partition coefficient (Wildman–Crippen LogP) is 2.99. The largest absolute Gasteiger partial charge is 0.497 e. The molecular weight excluding hydrogens is 418 g/mol. The van der Waals surface area contributed by atoms with Gasteiger partial charge >= 0.3 is 0 Å². The maximum atomic E-state index is 13.4. The van der Waals surface area contributed by atoms with Crippen LogP contribution in [0.25, 0.3) is 0 Å². The molecule has 1 aliphatic heterocycles. The average molecular weight is 452 g/mol. The van der Waals surface area contributed by atoms with Crippen LogP contribution in [0.5, 0.6) is 11.5 Å². The fourth-order valence-electron chi connectivity index (χ4n) is 4.79. The SMILES string of the molecule is COc1ccc(CCN(CC2NC(=O)C3CCCCC3N2)C(=O)c2ccc(OC)cc2)cc1. The lowest BCUT2D eigenvalue weighted by atomic mass is 9.82. The van der Waals surface area contributed by atoms with Crippen LogP contribution in [-0.4, -0.2) is 56.2 Å². The molecule has 7 heteroatoms. The topological polar surface area (TPSA) is 79.9 Å². The maximum absolute atomic E-state index is 13.4. The molecule has 2 aromatic rings. The highest BCUT2D eigenvalue weighted by molar-refractivity contribution is 5.94. The zero-order chi connectivity index (χ0) is 23.2. The summed E-state index contributed by atoms with van der Waals surface area (Å²) >= 11 is 0. The molecule has 3 unspecified atom stereocenters. The summed E-state index contributed by atoms with van der Waals surface area (Å²) in [7, 11) is 3.25. The maximum Gasteiger partial charge on any atom is 0.253 e. The van der Waals surface area contributed by atoms with Crippen molar-refractivity contribution >= 4 is 11.8 Å². The van der Waals surface area contributed by atoms with E-state index in [1.807, 2.05) is 29.2 Å². The molecule has 2 amide bonds. The fourth-order valence-corrected chi connectivity index (χ4v) is 4.79. The molecule has 176 valence electrons. The lowest BCUT2D eigenvalue weighted by molar-refractivity contribution is -0.131. The molecular formula is C26H33N3O4. The summed E-state index contributed by atoms with van der Waals surface area (Å²) in [6.45, 7) is 0.954. The molecule has 33 heavy (non-hydrogen) atoms. The van der Waals surface area contributed by atoms with Gasteiger partial charge in [0.05, 0.1) is 32.8 Å². The second-order valence-electron chi connectivity index (χ2n) is 8.80. The zero-order valence-corrected chi connectivity index (χ0v) is 19.4. The van der Waals surface area contributed by atoms with Gasteiger partial charge in [0.15, 0.2) is 0 Å². The summed E-state index contributed by atoms with van der Waals surface area (Å²) in [5, 5.41) is 6.70. The van der Waals surface area contributed by atoms with Crippen LogP contribution in [0.3, 0.4) is 0 Å². The standard InChI is InChI=1S/C26H33N3O4/c1-32-20-11-7-18(8-12-20)15-16-29(26(31)19-9-13-21(33-2)14-10-19)17-24-27-23-6-4-3-5-22(23)25(30)28-24/h7-14,22-24,27H,3-6,15-17H2,1-2H3,(H,28,30). The van der Waals surface area contributed by atoms with E-state index in [-0.39, 0.29) is 29.9 Å². The molecule has 2 fully saturated rings. The van der Waals surface area contributed by atoms with Crippen molar-refractivity contribution in [3.8, 4) is 11.5 Å². The number of amides is 2. The van der Waals surface area contributed by atoms with Crippen LogP contribution in [-0.2, 0) is 11.2 Å². The minimum atomic E-state index is -0.255. The van der Waals surface area contributed by atoms with E-state index in [1.165, 1.54) is 0 Å². The van der Waals surface area contributed by atoms with E-state index in [0.717, 1.165) is 37.0 Å². The normalized spacial score (nSPS) is 22.1. The van der Waals surface area contributed by atoms with Gasteiger partial charge in [-0.1, -0.05) is 25.0 Å².